The summed E-state index contributed by atoms with van der Waals surface area (Å²) in [4.78, 5) is 2.01. The maximum absolute atomic E-state index is 9.75. The number of nitrogens with zero attached hydrogens (tertiary/aromatic N) is 1. The molecule has 1 aliphatic rings. The summed E-state index contributed by atoms with van der Waals surface area (Å²) in [6.45, 7) is 2.92. The van der Waals surface area contributed by atoms with Crippen LogP contribution in [-0.2, 0) is 0 Å². The van der Waals surface area contributed by atoms with Crippen molar-refractivity contribution in [3.63, 3.8) is 0 Å². The Morgan fingerprint density at radius 2 is 1.82 bits per heavy atom. The number of ether oxygens (including phenoxy) is 1. The van der Waals surface area contributed by atoms with Gasteiger partial charge >= 0.3 is 7.25 Å². The second-order valence-corrected chi connectivity index (χ2v) is 3.53. The highest BCUT2D eigenvalue weighted by Gasteiger charge is 2.26. The molecule has 17 heavy (non-hydrogen) atoms. The first-order chi connectivity index (χ1) is 7.83. The zero-order valence-corrected chi connectivity index (χ0v) is 9.67. The number of alkyl halides is 1. The Bertz CT molecular complexity index is 370. The molecule has 96 valence electrons. The van der Waals surface area contributed by atoms with Crippen molar-refractivity contribution >= 4 is 24.5 Å². The molecule has 0 spiro atoms. The van der Waals surface area contributed by atoms with Crippen LogP contribution in [0.2, 0.25) is 0 Å². The van der Waals surface area contributed by atoms with Gasteiger partial charge in [-0.05, 0) is 19.1 Å². The van der Waals surface area contributed by atoms with Crippen molar-refractivity contribution in [3.05, 3.63) is 24.3 Å². The summed E-state index contributed by atoms with van der Waals surface area (Å²) in [6, 6.07) is 7.88. The molecule has 0 aliphatic carbocycles. The summed E-state index contributed by atoms with van der Waals surface area (Å²) in [6.07, 6.45) is 0. The van der Waals surface area contributed by atoms with Crippen LogP contribution in [0, 0.1) is 0 Å². The van der Waals surface area contributed by atoms with E-state index in [2.05, 4.69) is 6.92 Å². The second-order valence-electron chi connectivity index (χ2n) is 3.16. The van der Waals surface area contributed by atoms with E-state index in [1.807, 2.05) is 29.2 Å². The summed E-state index contributed by atoms with van der Waals surface area (Å²) in [5, 5.41) is 0. The van der Waals surface area contributed by atoms with Crippen LogP contribution in [0.5, 0.6) is 5.75 Å². The molecule has 2 rings (SSSR count). The van der Waals surface area contributed by atoms with Crippen molar-refractivity contribution < 1.29 is 22.0 Å². The molecule has 0 bridgehead atoms. The molecule has 1 atom stereocenters. The molecule has 0 radical (unpaired) electrons. The van der Waals surface area contributed by atoms with Gasteiger partial charge in [-0.25, -0.2) is 0 Å². The van der Waals surface area contributed by atoms with Crippen LogP contribution < -0.4 is 9.64 Å². The summed E-state index contributed by atoms with van der Waals surface area (Å²) in [7, 11) is -6.00. The largest absolute Gasteiger partial charge is 0.673 e. The first-order valence-corrected chi connectivity index (χ1v) is 5.30. The van der Waals surface area contributed by atoms with Crippen molar-refractivity contribution in [1.82, 2.24) is 0 Å². The number of benzene rings is 1. The van der Waals surface area contributed by atoms with E-state index in [1.54, 1.807) is 0 Å². The maximum atomic E-state index is 9.75. The van der Waals surface area contributed by atoms with E-state index >= 15 is 0 Å². The lowest BCUT2D eigenvalue weighted by Gasteiger charge is -2.17. The Labute approximate surface area is 101 Å². The molecule has 1 unspecified atom stereocenters. The van der Waals surface area contributed by atoms with Crippen molar-refractivity contribution in [1.29, 1.82) is 0 Å². The molecule has 0 amide bonds. The van der Waals surface area contributed by atoms with Gasteiger partial charge in [-0.2, -0.15) is 0 Å². The fourth-order valence-corrected chi connectivity index (χ4v) is 1.72. The maximum Gasteiger partial charge on any atom is 0.673 e. The molecular formula is C9H10BClF4NO-. The molecule has 0 N–H and O–H groups in total. The van der Waals surface area contributed by atoms with E-state index < -0.39 is 7.25 Å². The number of para-hydroxylation sites is 2. The lowest BCUT2D eigenvalue weighted by atomic mass is 10.3. The number of fused-ring (bicyclic) bond motifs is 1. The van der Waals surface area contributed by atoms with E-state index in [0.29, 0.717) is 0 Å². The molecule has 8 heteroatoms. The van der Waals surface area contributed by atoms with Gasteiger partial charge in [0.25, 0.3) is 5.69 Å². The fourth-order valence-electron chi connectivity index (χ4n) is 1.39. The van der Waals surface area contributed by atoms with Crippen LogP contribution in [-0.4, -0.2) is 19.5 Å². The number of halogens is 5. The molecule has 1 aliphatic heterocycles. The molecule has 1 heterocycles. The average Bonchev–Trinajstić information content (AvgIpc) is 2.50. The highest BCUT2D eigenvalue weighted by atomic mass is 35.5. The first-order valence-electron chi connectivity index (χ1n) is 4.86. The van der Waals surface area contributed by atoms with E-state index in [0.717, 1.165) is 18.0 Å². The second kappa shape index (κ2) is 5.49. The van der Waals surface area contributed by atoms with Crippen LogP contribution in [0.1, 0.15) is 6.92 Å². The van der Waals surface area contributed by atoms with Crippen molar-refractivity contribution in [3.8, 4) is 5.75 Å². The fraction of sp³-hybridized carbons (Fsp3) is 0.333. The topological polar surface area (TPSA) is 12.5 Å². The van der Waals surface area contributed by atoms with Crippen LogP contribution in [0.15, 0.2) is 24.3 Å². The van der Waals surface area contributed by atoms with E-state index in [9.17, 15) is 17.3 Å². The standard InChI is InChI=1S/C9H10ClNO.BF4/c1-2-11-7-5-3-4-6-8(7)12-9(11)10;2-1(3,4)5/h3-6,9H,2H2,1H3;/q;-1. The van der Waals surface area contributed by atoms with Crippen LogP contribution in [0.3, 0.4) is 0 Å². The van der Waals surface area contributed by atoms with Crippen LogP contribution >= 0.6 is 11.6 Å². The molecule has 2 nitrogen and oxygen atoms in total. The highest BCUT2D eigenvalue weighted by molar-refractivity contribution is 6.50. The summed E-state index contributed by atoms with van der Waals surface area (Å²) >= 11 is 5.95. The predicted molar refractivity (Wildman–Crippen MR) is 59.9 cm³/mol. The summed E-state index contributed by atoms with van der Waals surface area (Å²) in [5.41, 5.74) is 0.743. The number of hydrogen-bond acceptors (Lipinski definition) is 2. The number of anilines is 1. The Balaban J connectivity index is 0.000000249. The molecule has 0 saturated heterocycles. The van der Waals surface area contributed by atoms with E-state index in [4.69, 9.17) is 16.3 Å². The van der Waals surface area contributed by atoms with Gasteiger partial charge < -0.3 is 26.9 Å². The monoisotopic (exact) mass is 270 g/mol. The van der Waals surface area contributed by atoms with Crippen molar-refractivity contribution in [2.75, 3.05) is 11.4 Å². The minimum absolute atomic E-state index is 0.340. The summed E-state index contributed by atoms with van der Waals surface area (Å²) < 4.78 is 44.4. The van der Waals surface area contributed by atoms with Crippen LogP contribution in [0.4, 0.5) is 23.0 Å². The summed E-state index contributed by atoms with van der Waals surface area (Å²) in [5.74, 6) is 0.874. The molecule has 1 aromatic carbocycles. The van der Waals surface area contributed by atoms with Crippen molar-refractivity contribution in [2.24, 2.45) is 0 Å². The lowest BCUT2D eigenvalue weighted by molar-refractivity contribution is 0.307. The molecule has 0 saturated carbocycles. The minimum atomic E-state index is -6.00. The number of rotatable bonds is 1. The number of hydrogen-bond donors (Lipinski definition) is 0. The van der Waals surface area contributed by atoms with E-state index in [1.165, 1.54) is 0 Å². The zero-order chi connectivity index (χ0) is 13.1. The Kier molecular flexibility index (Phi) is 4.50. The van der Waals surface area contributed by atoms with Crippen molar-refractivity contribution in [2.45, 2.75) is 12.6 Å². The SMILES string of the molecule is CCN1c2ccccc2OC1Cl.F[B-](F)(F)F. The van der Waals surface area contributed by atoms with Gasteiger partial charge in [-0.15, -0.1) is 0 Å². The van der Waals surface area contributed by atoms with Crippen LogP contribution in [0.25, 0.3) is 0 Å². The lowest BCUT2D eigenvalue weighted by Crippen LogP contribution is -2.29. The van der Waals surface area contributed by atoms with Gasteiger partial charge in [0, 0.05) is 6.54 Å². The highest BCUT2D eigenvalue weighted by Crippen LogP contribution is 2.37. The molecule has 0 aromatic heterocycles. The minimum Gasteiger partial charge on any atom is -0.454 e. The molecular weight excluding hydrogens is 260 g/mol. The molecule has 1 aromatic rings. The quantitative estimate of drug-likeness (QED) is 0.334. The Hall–Kier alpha value is -1.11. The van der Waals surface area contributed by atoms with Gasteiger partial charge in [0.2, 0.25) is 0 Å². The Morgan fingerprint density at radius 3 is 2.35 bits per heavy atom. The third kappa shape index (κ3) is 4.34. The normalized spacial score (nSPS) is 18.0. The van der Waals surface area contributed by atoms with Gasteiger partial charge in [-0.3, -0.25) is 0 Å². The zero-order valence-electron chi connectivity index (χ0n) is 8.92. The third-order valence-electron chi connectivity index (χ3n) is 1.98. The van der Waals surface area contributed by atoms with Gasteiger partial charge in [0.05, 0.1) is 5.69 Å². The predicted octanol–water partition coefficient (Wildman–Crippen LogP) is 3.73. The average molecular weight is 270 g/mol. The van der Waals surface area contributed by atoms with Gasteiger partial charge in [0.15, 0.2) is 0 Å². The smallest absolute Gasteiger partial charge is 0.454 e. The Morgan fingerprint density at radius 1 is 1.29 bits per heavy atom. The van der Waals surface area contributed by atoms with Gasteiger partial charge in [0.1, 0.15) is 5.75 Å². The molecule has 0 fully saturated rings. The third-order valence-corrected chi connectivity index (χ3v) is 2.31. The van der Waals surface area contributed by atoms with E-state index in [-0.39, 0.29) is 5.69 Å². The van der Waals surface area contributed by atoms with Gasteiger partial charge in [-0.1, -0.05) is 23.7 Å². The first kappa shape index (κ1) is 14.0.